The van der Waals surface area contributed by atoms with Crippen molar-refractivity contribution in [3.05, 3.63) is 34.9 Å². The minimum Gasteiger partial charge on any atom is -0.481 e. The van der Waals surface area contributed by atoms with E-state index in [1.54, 1.807) is 0 Å². The lowest BCUT2D eigenvalue weighted by Gasteiger charge is -2.09. The zero-order valence-electron chi connectivity index (χ0n) is 10.8. The minimum absolute atomic E-state index is 0.104. The van der Waals surface area contributed by atoms with E-state index in [4.69, 9.17) is 5.11 Å². The Morgan fingerprint density at radius 3 is 2.17 bits per heavy atom. The number of carbonyl (C=O) groups is 1. The molecule has 1 unspecified atom stereocenters. The Bertz CT molecular complexity index is 526. The van der Waals surface area contributed by atoms with Gasteiger partial charge in [-0.3, -0.25) is 4.79 Å². The summed E-state index contributed by atoms with van der Waals surface area (Å²) in [6.07, 6.45) is 0. The summed E-state index contributed by atoms with van der Waals surface area (Å²) >= 11 is 0. The number of benzene rings is 1. The maximum absolute atomic E-state index is 11.9. The Kier molecular flexibility index (Phi) is 4.51. The molecule has 0 spiro atoms. The molecule has 1 aromatic rings. The Morgan fingerprint density at radius 1 is 1.22 bits per heavy atom. The average molecular weight is 270 g/mol. The number of hydrogen-bond donors (Lipinski definition) is 1. The van der Waals surface area contributed by atoms with E-state index in [1.807, 2.05) is 32.0 Å². The van der Waals surface area contributed by atoms with Gasteiger partial charge in [0.25, 0.3) is 0 Å². The second-order valence-corrected chi connectivity index (χ2v) is 6.90. The minimum atomic E-state index is -3.39. The van der Waals surface area contributed by atoms with E-state index in [2.05, 4.69) is 0 Å². The van der Waals surface area contributed by atoms with Gasteiger partial charge in [0.15, 0.2) is 9.84 Å². The van der Waals surface area contributed by atoms with Gasteiger partial charge in [0.05, 0.1) is 17.4 Å². The smallest absolute Gasteiger partial charge is 0.307 e. The van der Waals surface area contributed by atoms with Crippen molar-refractivity contribution in [1.29, 1.82) is 0 Å². The normalized spacial score (nSPS) is 13.3. The van der Waals surface area contributed by atoms with Crippen molar-refractivity contribution in [3.8, 4) is 0 Å². The van der Waals surface area contributed by atoms with Crippen LogP contribution in [0.1, 0.15) is 23.6 Å². The molecule has 0 radical (unpaired) electrons. The van der Waals surface area contributed by atoms with E-state index >= 15 is 0 Å². The van der Waals surface area contributed by atoms with Crippen LogP contribution in [0.25, 0.3) is 0 Å². The predicted octanol–water partition coefficient (Wildman–Crippen LogP) is 1.94. The molecule has 5 heteroatoms. The highest BCUT2D eigenvalue weighted by Gasteiger charge is 2.21. The van der Waals surface area contributed by atoms with Crippen molar-refractivity contribution in [2.45, 2.75) is 26.5 Å². The molecule has 0 fully saturated rings. The van der Waals surface area contributed by atoms with Gasteiger partial charge in [0.2, 0.25) is 0 Å². The predicted molar refractivity (Wildman–Crippen MR) is 70.2 cm³/mol. The summed E-state index contributed by atoms with van der Waals surface area (Å²) in [5.74, 6) is -2.39. The highest BCUT2D eigenvalue weighted by atomic mass is 32.2. The lowest BCUT2D eigenvalue weighted by molar-refractivity contribution is -0.140. The van der Waals surface area contributed by atoms with Gasteiger partial charge in [0.1, 0.15) is 0 Å². The molecular formula is C13H18O4S. The third kappa shape index (κ3) is 4.49. The summed E-state index contributed by atoms with van der Waals surface area (Å²) in [6.45, 7) is 5.22. The Hall–Kier alpha value is -1.36. The lowest BCUT2D eigenvalue weighted by Crippen LogP contribution is -2.22. The molecule has 18 heavy (non-hydrogen) atoms. The molecule has 0 aromatic heterocycles. The van der Waals surface area contributed by atoms with Crippen LogP contribution in [0.3, 0.4) is 0 Å². The van der Waals surface area contributed by atoms with Crippen molar-refractivity contribution in [1.82, 2.24) is 0 Å². The summed E-state index contributed by atoms with van der Waals surface area (Å²) in [7, 11) is -3.39. The van der Waals surface area contributed by atoms with Crippen molar-refractivity contribution in [2.75, 3.05) is 5.75 Å². The molecule has 0 amide bonds. The number of hydrogen-bond acceptors (Lipinski definition) is 3. The molecule has 1 N–H and O–H groups in total. The molecule has 0 aliphatic carbocycles. The van der Waals surface area contributed by atoms with E-state index in [0.29, 0.717) is 5.56 Å². The molecule has 0 aliphatic rings. The highest BCUT2D eigenvalue weighted by Crippen LogP contribution is 2.14. The molecule has 1 atom stereocenters. The molecule has 0 saturated carbocycles. The highest BCUT2D eigenvalue weighted by molar-refractivity contribution is 7.90. The molecule has 0 heterocycles. The molecule has 4 nitrogen and oxygen atoms in total. The fraction of sp³-hybridized carbons (Fsp3) is 0.462. The van der Waals surface area contributed by atoms with Crippen LogP contribution >= 0.6 is 0 Å². The topological polar surface area (TPSA) is 71.4 Å². The number of carboxylic acids is 1. The van der Waals surface area contributed by atoms with Gasteiger partial charge in [-0.1, -0.05) is 36.2 Å². The number of aliphatic carboxylic acids is 1. The second kappa shape index (κ2) is 5.52. The molecular weight excluding hydrogens is 252 g/mol. The zero-order valence-corrected chi connectivity index (χ0v) is 11.6. The SMILES string of the molecule is Cc1cc(C)cc(CS(=O)(=O)CC(C)C(=O)O)c1. The molecule has 1 aromatic carbocycles. The molecule has 0 saturated heterocycles. The van der Waals surface area contributed by atoms with E-state index in [1.165, 1.54) is 6.92 Å². The summed E-state index contributed by atoms with van der Waals surface area (Å²) in [5.41, 5.74) is 2.73. The zero-order chi connectivity index (χ0) is 13.9. The van der Waals surface area contributed by atoms with Crippen LogP contribution in [0.4, 0.5) is 0 Å². The van der Waals surface area contributed by atoms with E-state index < -0.39 is 21.7 Å². The summed E-state index contributed by atoms with van der Waals surface area (Å²) in [6, 6.07) is 5.60. The quantitative estimate of drug-likeness (QED) is 0.887. The van der Waals surface area contributed by atoms with Gasteiger partial charge in [-0.2, -0.15) is 0 Å². The number of rotatable bonds is 5. The van der Waals surface area contributed by atoms with Crippen LogP contribution in [-0.4, -0.2) is 25.2 Å². The maximum Gasteiger partial charge on any atom is 0.307 e. The van der Waals surface area contributed by atoms with E-state index in [-0.39, 0.29) is 11.5 Å². The fourth-order valence-electron chi connectivity index (χ4n) is 1.92. The summed E-state index contributed by atoms with van der Waals surface area (Å²) < 4.78 is 23.7. The van der Waals surface area contributed by atoms with Gasteiger partial charge >= 0.3 is 5.97 Å². The second-order valence-electron chi connectivity index (χ2n) is 4.79. The number of sulfone groups is 1. The third-order valence-electron chi connectivity index (χ3n) is 2.59. The Labute approximate surface area is 108 Å². The van der Waals surface area contributed by atoms with E-state index in [9.17, 15) is 13.2 Å². The van der Waals surface area contributed by atoms with Crippen LogP contribution in [0, 0.1) is 19.8 Å². The Balaban J connectivity index is 2.85. The van der Waals surface area contributed by atoms with Crippen LogP contribution in [-0.2, 0) is 20.4 Å². The first-order valence-electron chi connectivity index (χ1n) is 5.70. The molecule has 1 rings (SSSR count). The van der Waals surface area contributed by atoms with Gasteiger partial charge in [0, 0.05) is 0 Å². The van der Waals surface area contributed by atoms with Gasteiger partial charge in [-0.15, -0.1) is 0 Å². The van der Waals surface area contributed by atoms with Crippen molar-refractivity contribution < 1.29 is 18.3 Å². The summed E-state index contributed by atoms with van der Waals surface area (Å²) in [5, 5.41) is 8.74. The fourth-order valence-corrected chi connectivity index (χ4v) is 3.61. The average Bonchev–Trinajstić information content (AvgIpc) is 2.13. The number of carboxylic acid groups (broad SMARTS) is 1. The molecule has 100 valence electrons. The van der Waals surface area contributed by atoms with Crippen molar-refractivity contribution >= 4 is 15.8 Å². The first-order valence-corrected chi connectivity index (χ1v) is 7.52. The largest absolute Gasteiger partial charge is 0.481 e. The third-order valence-corrected chi connectivity index (χ3v) is 4.37. The van der Waals surface area contributed by atoms with Crippen LogP contribution < -0.4 is 0 Å². The van der Waals surface area contributed by atoms with Crippen molar-refractivity contribution in [3.63, 3.8) is 0 Å². The first kappa shape index (κ1) is 14.7. The standard InChI is InChI=1S/C13H18O4S/c1-9-4-10(2)6-12(5-9)8-18(16,17)7-11(3)13(14)15/h4-6,11H,7-8H2,1-3H3,(H,14,15). The van der Waals surface area contributed by atoms with Crippen molar-refractivity contribution in [2.24, 2.45) is 5.92 Å². The van der Waals surface area contributed by atoms with Crippen LogP contribution in [0.2, 0.25) is 0 Å². The van der Waals surface area contributed by atoms with Crippen LogP contribution in [0.15, 0.2) is 18.2 Å². The number of aryl methyl sites for hydroxylation is 2. The first-order chi connectivity index (χ1) is 8.19. The molecule has 0 bridgehead atoms. The lowest BCUT2D eigenvalue weighted by atomic mass is 10.1. The Morgan fingerprint density at radius 2 is 1.72 bits per heavy atom. The van der Waals surface area contributed by atoms with Gasteiger partial charge in [-0.05, 0) is 19.4 Å². The van der Waals surface area contributed by atoms with Gasteiger partial charge < -0.3 is 5.11 Å². The van der Waals surface area contributed by atoms with Crippen LogP contribution in [0.5, 0.6) is 0 Å². The summed E-state index contributed by atoms with van der Waals surface area (Å²) in [4.78, 5) is 10.7. The van der Waals surface area contributed by atoms with E-state index in [0.717, 1.165) is 11.1 Å². The monoisotopic (exact) mass is 270 g/mol. The van der Waals surface area contributed by atoms with Gasteiger partial charge in [-0.25, -0.2) is 8.42 Å². The maximum atomic E-state index is 11.9. The molecule has 0 aliphatic heterocycles.